The van der Waals surface area contributed by atoms with Crippen LogP contribution in [0.3, 0.4) is 0 Å². The third-order valence-corrected chi connectivity index (χ3v) is 5.69. The first-order chi connectivity index (χ1) is 15.8. The summed E-state index contributed by atoms with van der Waals surface area (Å²) in [6.07, 6.45) is 0. The number of fused-ring (bicyclic) bond motifs is 1. The third-order valence-electron chi connectivity index (χ3n) is 5.28. The normalized spacial score (nSPS) is 12.5. The summed E-state index contributed by atoms with van der Waals surface area (Å²) >= 11 is 6.14. The molecule has 8 heteroatoms. The highest BCUT2D eigenvalue weighted by molar-refractivity contribution is 6.36. The number of ketones is 1. The molecule has 7 nitrogen and oxygen atoms in total. The van der Waals surface area contributed by atoms with Crippen molar-refractivity contribution >= 4 is 40.9 Å². The number of imide groups is 1. The van der Waals surface area contributed by atoms with E-state index in [-0.39, 0.29) is 22.5 Å². The van der Waals surface area contributed by atoms with Gasteiger partial charge < -0.3 is 9.47 Å². The van der Waals surface area contributed by atoms with Crippen LogP contribution in [-0.4, -0.2) is 37.3 Å². The van der Waals surface area contributed by atoms with Gasteiger partial charge in [-0.15, -0.1) is 0 Å². The van der Waals surface area contributed by atoms with Crippen molar-refractivity contribution in [3.05, 3.63) is 93.5 Å². The van der Waals surface area contributed by atoms with Gasteiger partial charge in [0.1, 0.15) is 5.75 Å². The average Bonchev–Trinajstić information content (AvgIpc) is 3.08. The molecule has 166 valence electrons. The SMILES string of the molecule is COc1ccc(C(=O)COC(=O)c2ccc3c(c2)C(=O)N(c2ccc(C)c(Cl)c2)C3=O)cc1. The molecule has 33 heavy (non-hydrogen) atoms. The summed E-state index contributed by atoms with van der Waals surface area (Å²) in [7, 11) is 1.52. The molecule has 4 rings (SSSR count). The Morgan fingerprint density at radius 1 is 0.879 bits per heavy atom. The quantitative estimate of drug-likeness (QED) is 0.304. The van der Waals surface area contributed by atoms with E-state index >= 15 is 0 Å². The summed E-state index contributed by atoms with van der Waals surface area (Å²) in [6, 6.07) is 15.4. The third kappa shape index (κ3) is 4.23. The molecule has 1 aliphatic heterocycles. The Morgan fingerprint density at radius 2 is 1.55 bits per heavy atom. The fourth-order valence-corrected chi connectivity index (χ4v) is 3.57. The van der Waals surface area contributed by atoms with Gasteiger partial charge in [-0.1, -0.05) is 17.7 Å². The van der Waals surface area contributed by atoms with Gasteiger partial charge in [-0.2, -0.15) is 0 Å². The van der Waals surface area contributed by atoms with Crippen LogP contribution in [0.1, 0.15) is 47.0 Å². The average molecular weight is 464 g/mol. The van der Waals surface area contributed by atoms with Crippen molar-refractivity contribution in [2.45, 2.75) is 6.92 Å². The first-order valence-corrected chi connectivity index (χ1v) is 10.3. The molecule has 3 aromatic rings. The lowest BCUT2D eigenvalue weighted by molar-refractivity contribution is 0.0474. The lowest BCUT2D eigenvalue weighted by Gasteiger charge is -2.14. The Morgan fingerprint density at radius 3 is 2.21 bits per heavy atom. The van der Waals surface area contributed by atoms with Crippen molar-refractivity contribution in [3.63, 3.8) is 0 Å². The number of carbonyl (C=O) groups excluding carboxylic acids is 4. The molecule has 0 spiro atoms. The number of benzene rings is 3. The van der Waals surface area contributed by atoms with Crippen LogP contribution in [0.25, 0.3) is 0 Å². The molecule has 0 fully saturated rings. The van der Waals surface area contributed by atoms with Gasteiger partial charge in [0.05, 0.1) is 29.5 Å². The summed E-state index contributed by atoms with van der Waals surface area (Å²) in [5.74, 6) is -1.65. The van der Waals surface area contributed by atoms with Crippen LogP contribution in [0.5, 0.6) is 5.75 Å². The van der Waals surface area contributed by atoms with Crippen molar-refractivity contribution in [1.82, 2.24) is 0 Å². The fourth-order valence-electron chi connectivity index (χ4n) is 3.40. The fraction of sp³-hybridized carbons (Fsp3) is 0.120. The monoisotopic (exact) mass is 463 g/mol. The minimum Gasteiger partial charge on any atom is -0.497 e. The summed E-state index contributed by atoms with van der Waals surface area (Å²) in [4.78, 5) is 51.5. The minimum absolute atomic E-state index is 0.0567. The molecule has 0 N–H and O–H groups in total. The summed E-state index contributed by atoms with van der Waals surface area (Å²) in [6.45, 7) is 1.34. The van der Waals surface area contributed by atoms with E-state index in [9.17, 15) is 19.2 Å². The second-order valence-electron chi connectivity index (χ2n) is 7.37. The molecule has 0 aliphatic carbocycles. The molecule has 0 atom stereocenters. The van der Waals surface area contributed by atoms with Gasteiger partial charge in [-0.05, 0) is 67.1 Å². The summed E-state index contributed by atoms with van der Waals surface area (Å²) in [5, 5.41) is 0.426. The Balaban J connectivity index is 1.49. The second-order valence-corrected chi connectivity index (χ2v) is 7.77. The van der Waals surface area contributed by atoms with Crippen LogP contribution in [0.4, 0.5) is 5.69 Å². The molecule has 0 aromatic heterocycles. The van der Waals surface area contributed by atoms with Crippen LogP contribution >= 0.6 is 11.6 Å². The lowest BCUT2D eigenvalue weighted by atomic mass is 10.1. The molecule has 0 unspecified atom stereocenters. The second kappa shape index (κ2) is 8.88. The molecule has 0 saturated heterocycles. The predicted octanol–water partition coefficient (Wildman–Crippen LogP) is 4.50. The molecule has 0 radical (unpaired) electrons. The number of Topliss-reactive ketones (excluding diaryl/α,β-unsaturated/α-hetero) is 1. The van der Waals surface area contributed by atoms with E-state index < -0.39 is 24.4 Å². The number of ether oxygens (including phenoxy) is 2. The standard InChI is InChI=1S/C25H18ClNO6/c1-14-3-7-17(12-21(14)26)27-23(29)19-10-6-16(11-20(19)24(27)30)25(31)33-13-22(28)15-4-8-18(32-2)9-5-15/h3-12H,13H2,1-2H3. The number of halogens is 1. The largest absolute Gasteiger partial charge is 0.497 e. The number of hydrogen-bond donors (Lipinski definition) is 0. The van der Waals surface area contributed by atoms with Crippen molar-refractivity contribution in [3.8, 4) is 5.75 Å². The van der Waals surface area contributed by atoms with Gasteiger partial charge in [0.2, 0.25) is 0 Å². The van der Waals surface area contributed by atoms with E-state index in [4.69, 9.17) is 21.1 Å². The molecule has 3 aromatic carbocycles. The van der Waals surface area contributed by atoms with E-state index in [1.54, 1.807) is 42.5 Å². The number of nitrogens with zero attached hydrogens (tertiary/aromatic N) is 1. The van der Waals surface area contributed by atoms with Gasteiger partial charge in [0.15, 0.2) is 12.4 Å². The molecular formula is C25H18ClNO6. The first-order valence-electron chi connectivity index (χ1n) is 9.93. The van der Waals surface area contributed by atoms with E-state index in [2.05, 4.69) is 0 Å². The van der Waals surface area contributed by atoms with Gasteiger partial charge in [-0.25, -0.2) is 9.69 Å². The minimum atomic E-state index is -0.781. The number of esters is 1. The van der Waals surface area contributed by atoms with Gasteiger partial charge in [0, 0.05) is 10.6 Å². The van der Waals surface area contributed by atoms with Crippen LogP contribution in [0.2, 0.25) is 5.02 Å². The number of amides is 2. The van der Waals surface area contributed by atoms with Gasteiger partial charge in [-0.3, -0.25) is 14.4 Å². The summed E-state index contributed by atoms with van der Waals surface area (Å²) in [5.41, 5.74) is 1.82. The van der Waals surface area contributed by atoms with E-state index in [1.165, 1.54) is 25.3 Å². The number of aryl methyl sites for hydroxylation is 1. The topological polar surface area (TPSA) is 90.0 Å². The molecule has 1 heterocycles. The predicted molar refractivity (Wildman–Crippen MR) is 121 cm³/mol. The maximum atomic E-state index is 12.9. The zero-order valence-corrected chi connectivity index (χ0v) is 18.5. The zero-order valence-electron chi connectivity index (χ0n) is 17.8. The van der Waals surface area contributed by atoms with Crippen molar-refractivity contribution in [2.24, 2.45) is 0 Å². The molecule has 2 amide bonds. The Hall–Kier alpha value is -3.97. The number of methoxy groups -OCH3 is 1. The Kier molecular flexibility index (Phi) is 5.98. The van der Waals surface area contributed by atoms with Crippen molar-refractivity contribution in [1.29, 1.82) is 0 Å². The Bertz CT molecular complexity index is 1300. The van der Waals surface area contributed by atoms with E-state index in [0.29, 0.717) is 22.0 Å². The smallest absolute Gasteiger partial charge is 0.338 e. The number of carbonyl (C=O) groups is 4. The van der Waals surface area contributed by atoms with E-state index in [0.717, 1.165) is 10.5 Å². The van der Waals surface area contributed by atoms with Crippen LogP contribution < -0.4 is 9.64 Å². The highest BCUT2D eigenvalue weighted by atomic mass is 35.5. The Labute approximate surface area is 194 Å². The van der Waals surface area contributed by atoms with Crippen molar-refractivity contribution in [2.75, 3.05) is 18.6 Å². The number of anilines is 1. The zero-order chi connectivity index (χ0) is 23.7. The lowest BCUT2D eigenvalue weighted by Crippen LogP contribution is -2.29. The molecule has 0 saturated carbocycles. The van der Waals surface area contributed by atoms with Crippen molar-refractivity contribution < 1.29 is 28.7 Å². The molecule has 0 bridgehead atoms. The van der Waals surface area contributed by atoms with Crippen LogP contribution in [0.15, 0.2) is 60.7 Å². The van der Waals surface area contributed by atoms with Gasteiger partial charge >= 0.3 is 5.97 Å². The summed E-state index contributed by atoms with van der Waals surface area (Å²) < 4.78 is 10.2. The highest BCUT2D eigenvalue weighted by Crippen LogP contribution is 2.31. The first kappa shape index (κ1) is 22.2. The highest BCUT2D eigenvalue weighted by Gasteiger charge is 2.37. The van der Waals surface area contributed by atoms with E-state index in [1.807, 2.05) is 6.92 Å². The molecular weight excluding hydrogens is 446 g/mol. The van der Waals surface area contributed by atoms with Crippen LogP contribution in [-0.2, 0) is 4.74 Å². The molecule has 1 aliphatic rings. The maximum Gasteiger partial charge on any atom is 0.338 e. The maximum absolute atomic E-state index is 12.9. The number of hydrogen-bond acceptors (Lipinski definition) is 6. The van der Waals surface area contributed by atoms with Gasteiger partial charge in [0.25, 0.3) is 11.8 Å². The van der Waals surface area contributed by atoms with Crippen LogP contribution in [0, 0.1) is 6.92 Å². The number of rotatable bonds is 6.